The van der Waals surface area contributed by atoms with E-state index in [0.717, 1.165) is 6.07 Å². The van der Waals surface area contributed by atoms with Crippen LogP contribution < -0.4 is 4.74 Å². The van der Waals surface area contributed by atoms with Crippen molar-refractivity contribution in [2.24, 2.45) is 0 Å². The molecule has 0 aromatic carbocycles. The summed E-state index contributed by atoms with van der Waals surface area (Å²) in [5, 5.41) is 7.90. The number of hydrogen-bond acceptors (Lipinski definition) is 4. The van der Waals surface area contributed by atoms with E-state index < -0.39 is 23.5 Å². The number of aromatic nitrogens is 4. The van der Waals surface area contributed by atoms with Crippen molar-refractivity contribution < 1.29 is 22.3 Å². The number of pyridine rings is 2. The molecule has 0 N–H and O–H groups in total. The first-order valence-corrected chi connectivity index (χ1v) is 8.02. The van der Waals surface area contributed by atoms with Gasteiger partial charge >= 0.3 is 6.18 Å². The first-order chi connectivity index (χ1) is 12.3. The third-order valence-electron chi connectivity index (χ3n) is 4.68. The van der Waals surface area contributed by atoms with Gasteiger partial charge in [-0.15, -0.1) is 10.2 Å². The molecule has 0 aliphatic heterocycles. The first-order valence-electron chi connectivity index (χ1n) is 8.02. The Morgan fingerprint density at radius 3 is 2.54 bits per heavy atom. The predicted octanol–water partition coefficient (Wildman–Crippen LogP) is 4.10. The molecule has 1 saturated carbocycles. The van der Waals surface area contributed by atoms with Gasteiger partial charge in [-0.1, -0.05) is 0 Å². The number of nitrogens with zero attached hydrogens (tertiary/aromatic N) is 4. The highest BCUT2D eigenvalue weighted by atomic mass is 19.4. The molecule has 0 atom stereocenters. The fourth-order valence-electron chi connectivity index (χ4n) is 2.96. The zero-order chi connectivity index (χ0) is 18.5. The number of alkyl halides is 3. The van der Waals surface area contributed by atoms with E-state index in [1.54, 1.807) is 29.7 Å². The van der Waals surface area contributed by atoms with Crippen molar-refractivity contribution in [1.82, 2.24) is 19.6 Å². The smallest absolute Gasteiger partial charge is 0.428 e. The third-order valence-corrected chi connectivity index (χ3v) is 4.68. The molecule has 0 spiro atoms. The van der Waals surface area contributed by atoms with Crippen LogP contribution >= 0.6 is 0 Å². The Morgan fingerprint density at radius 1 is 1.15 bits per heavy atom. The number of rotatable bonds is 3. The van der Waals surface area contributed by atoms with Crippen molar-refractivity contribution in [2.75, 3.05) is 0 Å². The van der Waals surface area contributed by atoms with Crippen LogP contribution in [0.1, 0.15) is 25.1 Å². The molecule has 0 bridgehead atoms. The Hall–Kier alpha value is -2.71. The quantitative estimate of drug-likeness (QED) is 0.655. The Kier molecular flexibility index (Phi) is 3.64. The van der Waals surface area contributed by atoms with Crippen molar-refractivity contribution in [3.8, 4) is 17.0 Å². The molecule has 0 amide bonds. The molecule has 5 nitrogen and oxygen atoms in total. The average Bonchev–Trinajstić information content (AvgIpc) is 2.91. The zero-order valence-electron chi connectivity index (χ0n) is 13.7. The molecule has 0 radical (unpaired) electrons. The lowest BCUT2D eigenvalue weighted by Crippen LogP contribution is -2.55. The molecule has 1 fully saturated rings. The van der Waals surface area contributed by atoms with Gasteiger partial charge in [-0.3, -0.25) is 4.40 Å². The maximum absolute atomic E-state index is 14.4. The lowest BCUT2D eigenvalue weighted by atomic mass is 9.79. The van der Waals surface area contributed by atoms with Gasteiger partial charge in [0.1, 0.15) is 5.82 Å². The Bertz CT molecular complexity index is 979. The van der Waals surface area contributed by atoms with Crippen LogP contribution in [0.2, 0.25) is 0 Å². The maximum Gasteiger partial charge on any atom is 0.428 e. The van der Waals surface area contributed by atoms with E-state index in [0.29, 0.717) is 29.0 Å². The minimum atomic E-state index is -4.56. The summed E-state index contributed by atoms with van der Waals surface area (Å²) in [7, 11) is 0. The predicted molar refractivity (Wildman–Crippen MR) is 84.2 cm³/mol. The summed E-state index contributed by atoms with van der Waals surface area (Å²) >= 11 is 0. The van der Waals surface area contributed by atoms with Gasteiger partial charge in [0.2, 0.25) is 5.60 Å². The maximum atomic E-state index is 14.4. The van der Waals surface area contributed by atoms with Crippen molar-refractivity contribution in [2.45, 2.75) is 38.0 Å². The van der Waals surface area contributed by atoms with Crippen molar-refractivity contribution in [3.63, 3.8) is 0 Å². The molecule has 1 aliphatic rings. The standard InChI is InChI=1S/C17H14F4N4O/c1-10-23-24-14-4-3-11(9-25(10)14)12-7-13(18)15(22-8-12)26-16(5-2-6-16)17(19,20)21/h3-4,7-9H,2,5-6H2,1H3. The number of halogens is 4. The van der Waals surface area contributed by atoms with Crippen LogP contribution in [0, 0.1) is 12.7 Å². The Balaban J connectivity index is 1.66. The molecular weight excluding hydrogens is 352 g/mol. The van der Waals surface area contributed by atoms with Crippen LogP contribution in [-0.2, 0) is 0 Å². The molecule has 26 heavy (non-hydrogen) atoms. The minimum Gasteiger partial charge on any atom is -0.459 e. The molecular formula is C17H14F4N4O. The molecule has 0 saturated heterocycles. The van der Waals surface area contributed by atoms with Crippen LogP contribution in [-0.4, -0.2) is 31.4 Å². The van der Waals surface area contributed by atoms with E-state index in [9.17, 15) is 17.6 Å². The number of aryl methyl sites for hydroxylation is 1. The van der Waals surface area contributed by atoms with E-state index >= 15 is 0 Å². The van der Waals surface area contributed by atoms with Crippen molar-refractivity contribution in [3.05, 3.63) is 42.2 Å². The summed E-state index contributed by atoms with van der Waals surface area (Å²) in [6.45, 7) is 1.77. The number of ether oxygens (including phenoxy) is 1. The molecule has 0 unspecified atom stereocenters. The fraction of sp³-hybridized carbons (Fsp3) is 0.353. The van der Waals surface area contributed by atoms with Gasteiger partial charge in [0.05, 0.1) is 0 Å². The SMILES string of the molecule is Cc1nnc2ccc(-c3cnc(OC4(C(F)(F)F)CCC4)c(F)c3)cn12. The van der Waals surface area contributed by atoms with Gasteiger partial charge in [-0.25, -0.2) is 9.37 Å². The highest BCUT2D eigenvalue weighted by Gasteiger charge is 2.61. The normalized spacial score (nSPS) is 16.5. The summed E-state index contributed by atoms with van der Waals surface area (Å²) < 4.78 is 60.6. The van der Waals surface area contributed by atoms with Gasteiger partial charge in [-0.2, -0.15) is 13.2 Å². The summed E-state index contributed by atoms with van der Waals surface area (Å²) in [6, 6.07) is 4.54. The van der Waals surface area contributed by atoms with Crippen LogP contribution in [0.25, 0.3) is 16.8 Å². The van der Waals surface area contributed by atoms with E-state index in [2.05, 4.69) is 15.2 Å². The van der Waals surface area contributed by atoms with Crippen LogP contribution in [0.4, 0.5) is 17.6 Å². The van der Waals surface area contributed by atoms with Gasteiger partial charge < -0.3 is 4.74 Å². The second-order valence-electron chi connectivity index (χ2n) is 6.35. The average molecular weight is 366 g/mol. The van der Waals surface area contributed by atoms with Crippen LogP contribution in [0.5, 0.6) is 5.88 Å². The highest BCUT2D eigenvalue weighted by Crippen LogP contribution is 2.48. The van der Waals surface area contributed by atoms with Crippen LogP contribution in [0.15, 0.2) is 30.6 Å². The summed E-state index contributed by atoms with van der Waals surface area (Å²) in [4.78, 5) is 3.79. The number of fused-ring (bicyclic) bond motifs is 1. The summed E-state index contributed by atoms with van der Waals surface area (Å²) in [5.41, 5.74) is -0.648. The lowest BCUT2D eigenvalue weighted by molar-refractivity contribution is -0.275. The summed E-state index contributed by atoms with van der Waals surface area (Å²) in [5.74, 6) is -0.904. The Labute approximate surface area is 145 Å². The topological polar surface area (TPSA) is 52.3 Å². The van der Waals surface area contributed by atoms with Crippen molar-refractivity contribution in [1.29, 1.82) is 0 Å². The van der Waals surface area contributed by atoms with Gasteiger partial charge in [-0.05, 0) is 44.4 Å². The van der Waals surface area contributed by atoms with E-state index in [1.165, 1.54) is 6.20 Å². The minimum absolute atomic E-state index is 0.192. The molecule has 3 heterocycles. The molecule has 1 aliphatic carbocycles. The largest absolute Gasteiger partial charge is 0.459 e. The van der Waals surface area contributed by atoms with E-state index in [-0.39, 0.29) is 12.8 Å². The monoisotopic (exact) mass is 366 g/mol. The Morgan fingerprint density at radius 2 is 1.92 bits per heavy atom. The van der Waals surface area contributed by atoms with Gasteiger partial charge in [0.25, 0.3) is 5.88 Å². The number of hydrogen-bond donors (Lipinski definition) is 0. The fourth-order valence-corrected chi connectivity index (χ4v) is 2.96. The van der Waals surface area contributed by atoms with Gasteiger partial charge in [0.15, 0.2) is 11.5 Å². The van der Waals surface area contributed by atoms with Crippen LogP contribution in [0.3, 0.4) is 0 Å². The molecule has 9 heteroatoms. The van der Waals surface area contributed by atoms with Crippen molar-refractivity contribution >= 4 is 5.65 Å². The second-order valence-corrected chi connectivity index (χ2v) is 6.35. The molecule has 3 aromatic rings. The van der Waals surface area contributed by atoms with E-state index in [4.69, 9.17) is 4.74 Å². The molecule has 3 aromatic heterocycles. The summed E-state index contributed by atoms with van der Waals surface area (Å²) in [6.07, 6.45) is -1.55. The molecule has 136 valence electrons. The molecule has 4 rings (SSSR count). The lowest BCUT2D eigenvalue weighted by Gasteiger charge is -2.42. The van der Waals surface area contributed by atoms with E-state index in [1.807, 2.05) is 0 Å². The first kappa shape index (κ1) is 16.7. The zero-order valence-corrected chi connectivity index (χ0v) is 13.7. The second kappa shape index (κ2) is 5.65. The highest BCUT2D eigenvalue weighted by molar-refractivity contribution is 5.64. The van der Waals surface area contributed by atoms with Gasteiger partial charge in [0, 0.05) is 23.5 Å². The third kappa shape index (κ3) is 2.58.